The van der Waals surface area contributed by atoms with Crippen molar-refractivity contribution in [1.29, 1.82) is 0 Å². The number of ether oxygens (including phenoxy) is 1. The van der Waals surface area contributed by atoms with Gasteiger partial charge in [0.1, 0.15) is 0 Å². The molecule has 1 N–H and O–H groups in total. The van der Waals surface area contributed by atoms with Crippen LogP contribution in [0.4, 0.5) is 0 Å². The Hall–Kier alpha value is -0.660. The highest BCUT2D eigenvalue weighted by molar-refractivity contribution is 7.86. The zero-order valence-corrected chi connectivity index (χ0v) is 11.3. The fourth-order valence-electron chi connectivity index (χ4n) is 0.303. The summed E-state index contributed by atoms with van der Waals surface area (Å²) in [5.41, 5.74) is 0.0417. The highest BCUT2D eigenvalue weighted by Crippen LogP contribution is 2.02. The van der Waals surface area contributed by atoms with Gasteiger partial charge in [-0.3, -0.25) is 4.18 Å². The highest BCUT2D eigenvalue weighted by atomic mass is 32.2. The number of methoxy groups -OCH3 is 1. The molecule has 1 atom stereocenters. The molecule has 16 heavy (non-hydrogen) atoms. The van der Waals surface area contributed by atoms with Crippen LogP contribution in [0.5, 0.6) is 0 Å². The lowest BCUT2D eigenvalue weighted by Gasteiger charge is -2.14. The minimum atomic E-state index is -3.65. The van der Waals surface area contributed by atoms with Crippen molar-refractivity contribution in [3.05, 3.63) is 0 Å². The van der Waals surface area contributed by atoms with Gasteiger partial charge in [-0.2, -0.15) is 8.42 Å². The standard InChI is InChI=1S/C5H12O.C4H8O5S/c1-5(2,3)6-4;1-3(4(5)6)9-10(2,7)8/h1-4H3;3H,1-2H3,(H,5,6)/t;3-/m.0/s1. The molecule has 0 heterocycles. The highest BCUT2D eigenvalue weighted by Gasteiger charge is 2.16. The van der Waals surface area contributed by atoms with Crippen molar-refractivity contribution in [2.75, 3.05) is 13.4 Å². The van der Waals surface area contributed by atoms with Crippen LogP contribution in [0.25, 0.3) is 0 Å². The molecule has 0 amide bonds. The Morgan fingerprint density at radius 2 is 1.62 bits per heavy atom. The molecular weight excluding hydrogens is 236 g/mol. The van der Waals surface area contributed by atoms with Crippen molar-refractivity contribution >= 4 is 16.1 Å². The van der Waals surface area contributed by atoms with Gasteiger partial charge in [-0.15, -0.1) is 0 Å². The van der Waals surface area contributed by atoms with Gasteiger partial charge in [0, 0.05) is 7.11 Å². The smallest absolute Gasteiger partial charge is 0.334 e. The third-order valence-electron chi connectivity index (χ3n) is 1.28. The van der Waals surface area contributed by atoms with Gasteiger partial charge in [0.05, 0.1) is 11.9 Å². The summed E-state index contributed by atoms with van der Waals surface area (Å²) in [4.78, 5) is 9.99. The predicted molar refractivity (Wildman–Crippen MR) is 59.8 cm³/mol. The van der Waals surface area contributed by atoms with Crippen molar-refractivity contribution in [3.8, 4) is 0 Å². The van der Waals surface area contributed by atoms with Crippen molar-refractivity contribution in [1.82, 2.24) is 0 Å². The summed E-state index contributed by atoms with van der Waals surface area (Å²) in [7, 11) is -1.94. The third-order valence-corrected chi connectivity index (χ3v) is 1.92. The molecular formula is C9H20O6S. The summed E-state index contributed by atoms with van der Waals surface area (Å²) < 4.78 is 29.5. The van der Waals surface area contributed by atoms with Gasteiger partial charge in [0.2, 0.25) is 0 Å². The van der Waals surface area contributed by atoms with Crippen LogP contribution in [0.3, 0.4) is 0 Å². The minimum absolute atomic E-state index is 0.0417. The number of hydrogen-bond donors (Lipinski definition) is 1. The summed E-state index contributed by atoms with van der Waals surface area (Å²) in [6, 6.07) is 0. The fourth-order valence-corrected chi connectivity index (χ4v) is 0.910. The summed E-state index contributed by atoms with van der Waals surface area (Å²) in [6.07, 6.45) is -0.512. The molecule has 6 nitrogen and oxygen atoms in total. The minimum Gasteiger partial charge on any atom is -0.479 e. The maximum absolute atomic E-state index is 10.3. The van der Waals surface area contributed by atoms with E-state index in [0.717, 1.165) is 13.2 Å². The Morgan fingerprint density at radius 1 is 1.31 bits per heavy atom. The maximum atomic E-state index is 10.3. The number of carboxylic acids is 1. The molecule has 7 heteroatoms. The van der Waals surface area contributed by atoms with Crippen molar-refractivity contribution in [3.63, 3.8) is 0 Å². The molecule has 0 rings (SSSR count). The molecule has 0 fully saturated rings. The first-order chi connectivity index (χ1) is 6.89. The second-order valence-corrected chi connectivity index (χ2v) is 5.70. The van der Waals surface area contributed by atoms with Crippen molar-refractivity contribution < 1.29 is 27.2 Å². The Bertz CT molecular complexity index is 300. The van der Waals surface area contributed by atoms with Gasteiger partial charge < -0.3 is 9.84 Å². The molecule has 0 aliphatic rings. The summed E-state index contributed by atoms with van der Waals surface area (Å²) >= 11 is 0. The molecule has 0 spiro atoms. The Kier molecular flexibility index (Phi) is 7.56. The zero-order valence-electron chi connectivity index (χ0n) is 10.5. The van der Waals surface area contributed by atoms with Crippen LogP contribution in [0.2, 0.25) is 0 Å². The molecule has 0 unspecified atom stereocenters. The van der Waals surface area contributed by atoms with Gasteiger partial charge in [-0.1, -0.05) is 0 Å². The first-order valence-corrected chi connectivity index (χ1v) is 6.37. The van der Waals surface area contributed by atoms with E-state index in [2.05, 4.69) is 4.18 Å². The summed E-state index contributed by atoms with van der Waals surface area (Å²) in [6.45, 7) is 7.20. The Balaban J connectivity index is 0. The Labute approximate surface area is 96.7 Å². The largest absolute Gasteiger partial charge is 0.479 e. The molecule has 98 valence electrons. The molecule has 0 radical (unpaired) electrons. The number of rotatable bonds is 3. The second kappa shape index (κ2) is 6.82. The van der Waals surface area contributed by atoms with E-state index in [1.807, 2.05) is 20.8 Å². The van der Waals surface area contributed by atoms with E-state index in [1.54, 1.807) is 7.11 Å². The van der Waals surface area contributed by atoms with Crippen LogP contribution in [0, 0.1) is 0 Å². The SMILES string of the molecule is COC(C)(C)C.C[C@H](OS(C)(=O)=O)C(=O)O. The van der Waals surface area contributed by atoms with Crippen LogP contribution >= 0.6 is 0 Å². The molecule has 0 bridgehead atoms. The van der Waals surface area contributed by atoms with Crippen LogP contribution in [0.15, 0.2) is 0 Å². The van der Waals surface area contributed by atoms with Crippen LogP contribution < -0.4 is 0 Å². The van der Waals surface area contributed by atoms with E-state index in [4.69, 9.17) is 9.84 Å². The van der Waals surface area contributed by atoms with Gasteiger partial charge >= 0.3 is 5.97 Å². The zero-order chi connectivity index (χ0) is 13.6. The van der Waals surface area contributed by atoms with Gasteiger partial charge in [0.15, 0.2) is 6.10 Å². The number of carbonyl (C=O) groups is 1. The van der Waals surface area contributed by atoms with Gasteiger partial charge in [-0.25, -0.2) is 4.79 Å². The van der Waals surface area contributed by atoms with E-state index in [1.165, 1.54) is 0 Å². The Morgan fingerprint density at radius 3 is 1.69 bits per heavy atom. The van der Waals surface area contributed by atoms with E-state index in [0.29, 0.717) is 0 Å². The summed E-state index contributed by atoms with van der Waals surface area (Å²) in [5.74, 6) is -1.30. The summed E-state index contributed by atoms with van der Waals surface area (Å²) in [5, 5.41) is 8.16. The third kappa shape index (κ3) is 15.8. The molecule has 0 aromatic rings. The van der Waals surface area contributed by atoms with E-state index in [-0.39, 0.29) is 5.60 Å². The average molecular weight is 256 g/mol. The van der Waals surface area contributed by atoms with Crippen LogP contribution in [-0.4, -0.2) is 44.6 Å². The van der Waals surface area contributed by atoms with Crippen LogP contribution in [0.1, 0.15) is 27.7 Å². The molecule has 0 saturated heterocycles. The van der Waals surface area contributed by atoms with Crippen molar-refractivity contribution in [2.24, 2.45) is 0 Å². The van der Waals surface area contributed by atoms with Crippen molar-refractivity contribution in [2.45, 2.75) is 39.4 Å². The lowest BCUT2D eigenvalue weighted by atomic mass is 10.2. The molecule has 0 aromatic carbocycles. The van der Waals surface area contributed by atoms with Gasteiger partial charge in [-0.05, 0) is 27.7 Å². The molecule has 0 aliphatic heterocycles. The molecule has 0 saturated carbocycles. The maximum Gasteiger partial charge on any atom is 0.334 e. The number of hydrogen-bond acceptors (Lipinski definition) is 5. The van der Waals surface area contributed by atoms with Gasteiger partial charge in [0.25, 0.3) is 10.1 Å². The first-order valence-electron chi connectivity index (χ1n) is 4.55. The predicted octanol–water partition coefficient (Wildman–Crippen LogP) is 0.867. The lowest BCUT2D eigenvalue weighted by Crippen LogP contribution is -2.22. The van der Waals surface area contributed by atoms with E-state index in [9.17, 15) is 13.2 Å². The number of carboxylic acid groups (broad SMARTS) is 1. The average Bonchev–Trinajstić information content (AvgIpc) is 2.00. The quantitative estimate of drug-likeness (QED) is 0.753. The topological polar surface area (TPSA) is 89.9 Å². The number of aliphatic carboxylic acids is 1. The second-order valence-electron chi connectivity index (χ2n) is 4.10. The lowest BCUT2D eigenvalue weighted by molar-refractivity contribution is -0.144. The fraction of sp³-hybridized carbons (Fsp3) is 0.889. The van der Waals surface area contributed by atoms with Crippen LogP contribution in [-0.2, 0) is 23.8 Å². The normalized spacial score (nSPS) is 13.6. The first kappa shape index (κ1) is 17.7. The van der Waals surface area contributed by atoms with E-state index < -0.39 is 22.2 Å². The molecule has 0 aliphatic carbocycles. The molecule has 0 aromatic heterocycles. The monoisotopic (exact) mass is 256 g/mol. The van der Waals surface area contributed by atoms with E-state index >= 15 is 0 Å².